The lowest BCUT2D eigenvalue weighted by molar-refractivity contribution is -0.137. The zero-order valence-electron chi connectivity index (χ0n) is 14.8. The molecule has 27 heavy (non-hydrogen) atoms. The smallest absolute Gasteiger partial charge is 0.304 e. The summed E-state index contributed by atoms with van der Waals surface area (Å²) >= 11 is 7.52. The number of carboxylic acids is 1. The molecule has 1 heterocycles. The Balaban J connectivity index is 1.93. The molecule has 2 aromatic carbocycles. The second kappa shape index (κ2) is 7.21. The maximum Gasteiger partial charge on any atom is 0.304 e. The van der Waals surface area contributed by atoms with E-state index in [4.69, 9.17) is 11.6 Å². The molecule has 1 atom stereocenters. The summed E-state index contributed by atoms with van der Waals surface area (Å²) in [7, 11) is 0. The van der Waals surface area contributed by atoms with Crippen molar-refractivity contribution in [2.45, 2.75) is 36.6 Å². The van der Waals surface area contributed by atoms with Gasteiger partial charge in [0.2, 0.25) is 0 Å². The molecule has 6 heteroatoms. The number of aromatic nitrogens is 1. The van der Waals surface area contributed by atoms with Crippen molar-refractivity contribution in [3.63, 3.8) is 0 Å². The van der Waals surface area contributed by atoms with E-state index in [0.717, 1.165) is 45.5 Å². The highest BCUT2D eigenvalue weighted by atomic mass is 35.5. The average molecular weight is 404 g/mol. The maximum atomic E-state index is 14.2. The van der Waals surface area contributed by atoms with Crippen LogP contribution >= 0.6 is 23.4 Å². The van der Waals surface area contributed by atoms with E-state index in [1.54, 1.807) is 12.1 Å². The fourth-order valence-corrected chi connectivity index (χ4v) is 4.96. The highest BCUT2D eigenvalue weighted by Gasteiger charge is 2.32. The van der Waals surface area contributed by atoms with E-state index in [0.29, 0.717) is 11.6 Å². The van der Waals surface area contributed by atoms with Crippen molar-refractivity contribution in [1.29, 1.82) is 0 Å². The van der Waals surface area contributed by atoms with Gasteiger partial charge >= 0.3 is 5.97 Å². The lowest BCUT2D eigenvalue weighted by Gasteiger charge is -2.17. The van der Waals surface area contributed by atoms with Crippen LogP contribution in [0.15, 0.2) is 41.3 Å². The van der Waals surface area contributed by atoms with E-state index >= 15 is 0 Å². The van der Waals surface area contributed by atoms with Crippen LogP contribution in [0.4, 0.5) is 4.39 Å². The Morgan fingerprint density at radius 2 is 2.07 bits per heavy atom. The number of hydrogen-bond acceptors (Lipinski definition) is 2. The number of fused-ring (bicyclic) bond motifs is 3. The van der Waals surface area contributed by atoms with Crippen LogP contribution in [-0.4, -0.2) is 21.9 Å². The van der Waals surface area contributed by atoms with Gasteiger partial charge in [-0.1, -0.05) is 23.7 Å². The minimum absolute atomic E-state index is 0.0463. The summed E-state index contributed by atoms with van der Waals surface area (Å²) in [5, 5.41) is 10.9. The van der Waals surface area contributed by atoms with Crippen LogP contribution < -0.4 is 0 Å². The van der Waals surface area contributed by atoms with E-state index in [2.05, 4.69) is 4.57 Å². The molecule has 4 rings (SSSR count). The molecule has 1 aromatic heterocycles. The number of aliphatic carboxylic acids is 1. The minimum atomic E-state index is -0.799. The van der Waals surface area contributed by atoms with Gasteiger partial charge in [0.05, 0.1) is 11.9 Å². The Morgan fingerprint density at radius 3 is 2.74 bits per heavy atom. The van der Waals surface area contributed by atoms with Gasteiger partial charge < -0.3 is 9.67 Å². The van der Waals surface area contributed by atoms with Gasteiger partial charge in [0, 0.05) is 33.5 Å². The number of hydrogen-bond donors (Lipinski definition) is 1. The summed E-state index contributed by atoms with van der Waals surface area (Å²) in [6.07, 6.45) is 3.61. The average Bonchev–Trinajstić information content (AvgIpc) is 3.16. The van der Waals surface area contributed by atoms with Crippen molar-refractivity contribution >= 4 is 40.2 Å². The number of nitrogens with zero attached hydrogens (tertiary/aromatic N) is 1. The van der Waals surface area contributed by atoms with E-state index in [1.165, 1.54) is 11.8 Å². The monoisotopic (exact) mass is 403 g/mol. The first-order valence-corrected chi connectivity index (χ1v) is 10.4. The topological polar surface area (TPSA) is 42.2 Å². The number of carboxylic acid groups (broad SMARTS) is 1. The number of benzene rings is 2. The molecule has 0 saturated carbocycles. The summed E-state index contributed by atoms with van der Waals surface area (Å²) in [5.74, 6) is -1.10. The van der Waals surface area contributed by atoms with Gasteiger partial charge in [0.1, 0.15) is 5.82 Å². The number of rotatable bonds is 5. The molecule has 3 nitrogen and oxygen atoms in total. The van der Waals surface area contributed by atoms with Crippen LogP contribution in [0.5, 0.6) is 0 Å². The molecule has 0 radical (unpaired) electrons. The number of thioether (sulfide) groups is 1. The molecular weight excluding hydrogens is 385 g/mol. The van der Waals surface area contributed by atoms with Gasteiger partial charge in [-0.15, -0.1) is 11.8 Å². The molecule has 1 aliphatic rings. The van der Waals surface area contributed by atoms with Gasteiger partial charge in [-0.05, 0) is 54.5 Å². The molecule has 0 fully saturated rings. The molecule has 1 N–H and O–H groups in total. The van der Waals surface area contributed by atoms with Crippen LogP contribution in [-0.2, 0) is 17.8 Å². The molecule has 140 valence electrons. The first-order valence-electron chi connectivity index (χ1n) is 8.82. The van der Waals surface area contributed by atoms with Crippen LogP contribution in [0.2, 0.25) is 5.02 Å². The van der Waals surface area contributed by atoms with Crippen LogP contribution in [0.25, 0.3) is 10.9 Å². The Morgan fingerprint density at radius 1 is 1.33 bits per heavy atom. The van der Waals surface area contributed by atoms with Crippen molar-refractivity contribution < 1.29 is 14.3 Å². The zero-order valence-corrected chi connectivity index (χ0v) is 16.4. The normalized spacial score (nSPS) is 16.0. The van der Waals surface area contributed by atoms with Gasteiger partial charge in [0.15, 0.2) is 0 Å². The minimum Gasteiger partial charge on any atom is -0.481 e. The summed E-state index contributed by atoms with van der Waals surface area (Å²) in [5.41, 5.74) is 4.22. The predicted molar refractivity (Wildman–Crippen MR) is 108 cm³/mol. The van der Waals surface area contributed by atoms with Crippen LogP contribution in [0, 0.1) is 5.82 Å². The number of halogens is 2. The second-order valence-electron chi connectivity index (χ2n) is 6.91. The van der Waals surface area contributed by atoms with Crippen molar-refractivity contribution in [3.05, 3.63) is 64.1 Å². The standard InChI is InChI=1S/C21H19ClFNO2S/c1-27-18-10-15(23)9-17-16-7-4-13(8-19(25)26)20(16)24(21(17)18)11-12-2-5-14(22)6-3-12/h2-3,5-6,9-10,13H,4,7-8,11H2,1H3,(H,25,26). The van der Waals surface area contributed by atoms with Crippen molar-refractivity contribution in [1.82, 2.24) is 4.57 Å². The van der Waals surface area contributed by atoms with E-state index in [1.807, 2.05) is 30.5 Å². The van der Waals surface area contributed by atoms with Crippen LogP contribution in [0.1, 0.15) is 35.6 Å². The fraction of sp³-hybridized carbons (Fsp3) is 0.286. The second-order valence-corrected chi connectivity index (χ2v) is 8.20. The Labute approximate surface area is 166 Å². The predicted octanol–water partition coefficient (Wildman–Crippen LogP) is 5.71. The SMILES string of the molecule is CSc1cc(F)cc2c3c(n(Cc4ccc(Cl)cc4)c12)C(CC(=O)O)CC3. The van der Waals surface area contributed by atoms with Crippen molar-refractivity contribution in [2.24, 2.45) is 0 Å². The summed E-state index contributed by atoms with van der Waals surface area (Å²) < 4.78 is 16.4. The largest absolute Gasteiger partial charge is 0.481 e. The maximum absolute atomic E-state index is 14.2. The Kier molecular flexibility index (Phi) is 4.91. The highest BCUT2D eigenvalue weighted by molar-refractivity contribution is 7.98. The third-order valence-electron chi connectivity index (χ3n) is 5.26. The Bertz CT molecular complexity index is 1030. The van der Waals surface area contributed by atoms with Crippen LogP contribution in [0.3, 0.4) is 0 Å². The fourth-order valence-electron chi connectivity index (χ4n) is 4.19. The number of carbonyl (C=O) groups is 1. The van der Waals surface area contributed by atoms with E-state index in [-0.39, 0.29) is 18.2 Å². The van der Waals surface area contributed by atoms with Crippen molar-refractivity contribution in [3.8, 4) is 0 Å². The molecular formula is C21H19ClFNO2S. The molecule has 0 saturated heterocycles. The van der Waals surface area contributed by atoms with Gasteiger partial charge in [0.25, 0.3) is 0 Å². The van der Waals surface area contributed by atoms with E-state index < -0.39 is 5.97 Å². The molecule has 0 aliphatic heterocycles. The zero-order chi connectivity index (χ0) is 19.1. The summed E-state index contributed by atoms with van der Waals surface area (Å²) in [6, 6.07) is 10.8. The van der Waals surface area contributed by atoms with Gasteiger partial charge in [-0.2, -0.15) is 0 Å². The first-order chi connectivity index (χ1) is 13.0. The summed E-state index contributed by atoms with van der Waals surface area (Å²) in [4.78, 5) is 12.3. The lowest BCUT2D eigenvalue weighted by Crippen LogP contribution is -2.11. The Hall–Kier alpha value is -1.98. The molecule has 0 bridgehead atoms. The molecule has 1 unspecified atom stereocenters. The quantitative estimate of drug-likeness (QED) is 0.555. The molecule has 1 aliphatic carbocycles. The van der Waals surface area contributed by atoms with Crippen molar-refractivity contribution in [2.75, 3.05) is 6.26 Å². The third-order valence-corrected chi connectivity index (χ3v) is 6.26. The van der Waals surface area contributed by atoms with E-state index in [9.17, 15) is 14.3 Å². The highest BCUT2D eigenvalue weighted by Crippen LogP contribution is 2.44. The first kappa shape index (κ1) is 18.4. The molecule has 0 amide bonds. The summed E-state index contributed by atoms with van der Waals surface area (Å²) in [6.45, 7) is 0.609. The lowest BCUT2D eigenvalue weighted by atomic mass is 10.0. The van der Waals surface area contributed by atoms with Gasteiger partial charge in [-0.3, -0.25) is 4.79 Å². The third kappa shape index (κ3) is 3.34. The van der Waals surface area contributed by atoms with Gasteiger partial charge in [-0.25, -0.2) is 4.39 Å². The number of aryl methyl sites for hydroxylation is 1. The molecule has 0 spiro atoms. The molecule has 3 aromatic rings.